The quantitative estimate of drug-likeness (QED) is 0.775. The molecule has 1 rings (SSSR count). The highest BCUT2D eigenvalue weighted by atomic mass is 15.2. The van der Waals surface area contributed by atoms with Crippen LogP contribution < -0.4 is 5.32 Å². The van der Waals surface area contributed by atoms with Crippen LogP contribution in [0.15, 0.2) is 12.3 Å². The van der Waals surface area contributed by atoms with E-state index in [1.54, 1.807) is 0 Å². The van der Waals surface area contributed by atoms with Gasteiger partial charge in [0.15, 0.2) is 0 Å². The molecule has 1 heterocycles. The first-order valence-electron chi connectivity index (χ1n) is 5.77. The zero-order valence-corrected chi connectivity index (χ0v) is 10.3. The second-order valence-electron chi connectivity index (χ2n) is 4.84. The van der Waals surface area contributed by atoms with E-state index in [1.165, 1.54) is 5.69 Å². The number of nitrogens with zero attached hydrogens (tertiary/aromatic N) is 2. The third kappa shape index (κ3) is 4.98. The van der Waals surface area contributed by atoms with E-state index in [9.17, 15) is 0 Å². The number of aromatic nitrogens is 2. The molecule has 0 saturated carbocycles. The molecule has 0 radical (unpaired) electrons. The van der Waals surface area contributed by atoms with Crippen LogP contribution in [0.5, 0.6) is 0 Å². The third-order valence-electron chi connectivity index (χ3n) is 2.37. The van der Waals surface area contributed by atoms with E-state index in [1.807, 2.05) is 17.9 Å². The Hall–Kier alpha value is -0.830. The van der Waals surface area contributed by atoms with Crippen molar-refractivity contribution in [3.8, 4) is 0 Å². The van der Waals surface area contributed by atoms with Crippen molar-refractivity contribution >= 4 is 0 Å². The van der Waals surface area contributed by atoms with Crippen molar-refractivity contribution in [2.24, 2.45) is 18.9 Å². The van der Waals surface area contributed by atoms with Crippen molar-refractivity contribution < 1.29 is 0 Å². The summed E-state index contributed by atoms with van der Waals surface area (Å²) in [5.74, 6) is 1.38. The summed E-state index contributed by atoms with van der Waals surface area (Å²) in [4.78, 5) is 0. The number of nitrogens with one attached hydrogen (secondary N) is 1. The lowest BCUT2D eigenvalue weighted by atomic mass is 10.1. The van der Waals surface area contributed by atoms with Gasteiger partial charge in [-0.15, -0.1) is 0 Å². The molecule has 1 unspecified atom stereocenters. The van der Waals surface area contributed by atoms with E-state index in [0.29, 0.717) is 5.92 Å². The minimum Gasteiger partial charge on any atom is -0.316 e. The predicted octanol–water partition coefficient (Wildman–Crippen LogP) is 1.84. The molecule has 0 amide bonds. The molecule has 0 aromatic carbocycles. The van der Waals surface area contributed by atoms with Crippen molar-refractivity contribution in [3.05, 3.63) is 18.0 Å². The van der Waals surface area contributed by atoms with Crippen LogP contribution in [-0.2, 0) is 13.5 Å². The molecule has 0 aliphatic carbocycles. The summed E-state index contributed by atoms with van der Waals surface area (Å²) >= 11 is 0. The molecule has 0 aliphatic rings. The number of hydrogen-bond donors (Lipinski definition) is 1. The molecule has 15 heavy (non-hydrogen) atoms. The van der Waals surface area contributed by atoms with Gasteiger partial charge in [0, 0.05) is 13.2 Å². The minimum atomic E-state index is 0.652. The molecular weight excluding hydrogens is 186 g/mol. The van der Waals surface area contributed by atoms with Crippen molar-refractivity contribution in [2.45, 2.75) is 27.2 Å². The molecular formula is C12H23N3. The van der Waals surface area contributed by atoms with E-state index < -0.39 is 0 Å². The van der Waals surface area contributed by atoms with Gasteiger partial charge in [-0.2, -0.15) is 5.10 Å². The van der Waals surface area contributed by atoms with Crippen molar-refractivity contribution in [1.29, 1.82) is 0 Å². The van der Waals surface area contributed by atoms with Crippen LogP contribution in [0.3, 0.4) is 0 Å². The van der Waals surface area contributed by atoms with Gasteiger partial charge in [-0.1, -0.05) is 20.8 Å². The summed E-state index contributed by atoms with van der Waals surface area (Å²) < 4.78 is 1.86. The van der Waals surface area contributed by atoms with E-state index in [-0.39, 0.29) is 0 Å². The zero-order valence-electron chi connectivity index (χ0n) is 10.3. The fourth-order valence-corrected chi connectivity index (χ4v) is 1.62. The molecule has 1 N–H and O–H groups in total. The van der Waals surface area contributed by atoms with Gasteiger partial charge in [0.1, 0.15) is 0 Å². The number of aryl methyl sites for hydroxylation is 1. The Morgan fingerprint density at radius 1 is 1.33 bits per heavy atom. The second-order valence-corrected chi connectivity index (χ2v) is 4.84. The van der Waals surface area contributed by atoms with Gasteiger partial charge in [0.25, 0.3) is 0 Å². The normalized spacial score (nSPS) is 13.4. The Kier molecular flexibility index (Phi) is 4.82. The summed E-state index contributed by atoms with van der Waals surface area (Å²) in [5.41, 5.74) is 1.19. The Balaban J connectivity index is 2.21. The Morgan fingerprint density at radius 2 is 2.07 bits per heavy atom. The molecule has 1 aromatic heterocycles. The Labute approximate surface area is 92.9 Å². The molecule has 3 heteroatoms. The maximum absolute atomic E-state index is 4.38. The molecule has 1 aromatic rings. The molecule has 3 nitrogen and oxygen atoms in total. The second kappa shape index (κ2) is 5.91. The molecule has 1 atom stereocenters. The highest BCUT2D eigenvalue weighted by Gasteiger charge is 2.05. The highest BCUT2D eigenvalue weighted by molar-refractivity contribution is 4.99. The summed E-state index contributed by atoms with van der Waals surface area (Å²) in [6.07, 6.45) is 3.07. The van der Waals surface area contributed by atoms with Gasteiger partial charge < -0.3 is 5.32 Å². The smallest absolute Gasteiger partial charge is 0.0627 e. The van der Waals surface area contributed by atoms with Crippen LogP contribution in [-0.4, -0.2) is 22.9 Å². The van der Waals surface area contributed by atoms with Gasteiger partial charge in [0.05, 0.1) is 5.69 Å². The van der Waals surface area contributed by atoms with Crippen LogP contribution in [0.2, 0.25) is 0 Å². The van der Waals surface area contributed by atoms with Crippen LogP contribution in [0, 0.1) is 11.8 Å². The van der Waals surface area contributed by atoms with Gasteiger partial charge in [-0.3, -0.25) is 4.68 Å². The van der Waals surface area contributed by atoms with E-state index in [4.69, 9.17) is 0 Å². The first-order valence-corrected chi connectivity index (χ1v) is 5.77. The van der Waals surface area contributed by atoms with Crippen molar-refractivity contribution in [2.75, 3.05) is 13.1 Å². The minimum absolute atomic E-state index is 0.652. The van der Waals surface area contributed by atoms with Crippen LogP contribution >= 0.6 is 0 Å². The zero-order chi connectivity index (χ0) is 11.3. The highest BCUT2D eigenvalue weighted by Crippen LogP contribution is 2.04. The monoisotopic (exact) mass is 209 g/mol. The molecule has 0 bridgehead atoms. The van der Waals surface area contributed by atoms with Crippen molar-refractivity contribution in [3.63, 3.8) is 0 Å². The fourth-order valence-electron chi connectivity index (χ4n) is 1.62. The molecule has 86 valence electrons. The van der Waals surface area contributed by atoms with E-state index >= 15 is 0 Å². The first-order chi connectivity index (χ1) is 7.08. The molecule has 0 fully saturated rings. The Morgan fingerprint density at radius 3 is 2.60 bits per heavy atom. The van der Waals surface area contributed by atoms with Gasteiger partial charge >= 0.3 is 0 Å². The van der Waals surface area contributed by atoms with Gasteiger partial charge in [0.2, 0.25) is 0 Å². The maximum Gasteiger partial charge on any atom is 0.0627 e. The summed E-state index contributed by atoms with van der Waals surface area (Å²) in [7, 11) is 1.96. The van der Waals surface area contributed by atoms with E-state index in [2.05, 4.69) is 37.3 Å². The average Bonchev–Trinajstić information content (AvgIpc) is 2.50. The largest absolute Gasteiger partial charge is 0.316 e. The van der Waals surface area contributed by atoms with E-state index in [0.717, 1.165) is 25.4 Å². The van der Waals surface area contributed by atoms with Crippen LogP contribution in [0.25, 0.3) is 0 Å². The summed E-state index contributed by atoms with van der Waals surface area (Å²) in [6, 6.07) is 2.10. The molecule has 0 spiro atoms. The fraction of sp³-hybridized carbons (Fsp3) is 0.750. The van der Waals surface area contributed by atoms with Crippen LogP contribution in [0.1, 0.15) is 26.5 Å². The third-order valence-corrected chi connectivity index (χ3v) is 2.37. The first kappa shape index (κ1) is 12.2. The SMILES string of the molecule is CC(C)CNCC(C)Cc1ccn(C)n1. The topological polar surface area (TPSA) is 29.9 Å². The standard InChI is InChI=1S/C12H23N3/c1-10(2)8-13-9-11(3)7-12-5-6-15(4)14-12/h5-6,10-11,13H,7-9H2,1-4H3. The van der Waals surface area contributed by atoms with Gasteiger partial charge in [-0.25, -0.2) is 0 Å². The summed E-state index contributed by atoms with van der Waals surface area (Å²) in [6.45, 7) is 8.91. The lowest BCUT2D eigenvalue weighted by molar-refractivity contribution is 0.469. The Bertz CT molecular complexity index is 278. The molecule has 0 saturated heterocycles. The van der Waals surface area contributed by atoms with Crippen LogP contribution in [0.4, 0.5) is 0 Å². The average molecular weight is 209 g/mol. The lowest BCUT2D eigenvalue weighted by Gasteiger charge is -2.12. The predicted molar refractivity (Wildman–Crippen MR) is 63.8 cm³/mol. The number of rotatable bonds is 6. The number of hydrogen-bond acceptors (Lipinski definition) is 2. The lowest BCUT2D eigenvalue weighted by Crippen LogP contribution is -2.26. The molecule has 0 aliphatic heterocycles. The van der Waals surface area contributed by atoms with Gasteiger partial charge in [-0.05, 0) is 37.4 Å². The van der Waals surface area contributed by atoms with Crippen molar-refractivity contribution in [1.82, 2.24) is 15.1 Å². The maximum atomic E-state index is 4.38. The summed E-state index contributed by atoms with van der Waals surface area (Å²) in [5, 5.41) is 7.86.